The van der Waals surface area contributed by atoms with E-state index in [-0.39, 0.29) is 12.6 Å². The Morgan fingerprint density at radius 3 is 3.00 bits per heavy atom. The number of hydrogen-bond acceptors (Lipinski definition) is 4. The molecule has 0 aliphatic heterocycles. The van der Waals surface area contributed by atoms with Crippen LogP contribution in [-0.2, 0) is 13.1 Å². The van der Waals surface area contributed by atoms with E-state index in [1.165, 1.54) is 0 Å². The lowest BCUT2D eigenvalue weighted by Gasteiger charge is -2.12. The highest BCUT2D eigenvalue weighted by Gasteiger charge is 2.09. The molecule has 0 amide bonds. The van der Waals surface area contributed by atoms with Crippen molar-refractivity contribution in [3.8, 4) is 0 Å². The van der Waals surface area contributed by atoms with Crippen LogP contribution in [0.1, 0.15) is 11.7 Å². The first-order valence-electron chi connectivity index (χ1n) is 5.15. The van der Waals surface area contributed by atoms with E-state index in [0.29, 0.717) is 0 Å². The molecule has 2 aromatic rings. The summed E-state index contributed by atoms with van der Waals surface area (Å²) in [6.07, 6.45) is 7.05. The first kappa shape index (κ1) is 10.8. The molecule has 0 spiro atoms. The topological polar surface area (TPSA) is 81.9 Å². The van der Waals surface area contributed by atoms with E-state index in [9.17, 15) is 0 Å². The molecule has 16 heavy (non-hydrogen) atoms. The van der Waals surface area contributed by atoms with Gasteiger partial charge in [-0.3, -0.25) is 4.68 Å². The summed E-state index contributed by atoms with van der Waals surface area (Å²) < 4.78 is 3.77. The maximum absolute atomic E-state index is 9.00. The van der Waals surface area contributed by atoms with Crippen molar-refractivity contribution in [2.75, 3.05) is 6.61 Å². The maximum Gasteiger partial charge on any atom is 0.0949 e. The van der Waals surface area contributed by atoms with Gasteiger partial charge in [-0.25, -0.2) is 4.98 Å². The summed E-state index contributed by atoms with van der Waals surface area (Å²) in [7, 11) is 0. The Morgan fingerprint density at radius 1 is 1.44 bits per heavy atom. The molecule has 6 heteroatoms. The molecule has 1 unspecified atom stereocenters. The summed E-state index contributed by atoms with van der Waals surface area (Å²) in [6.45, 7) is 1.42. The van der Waals surface area contributed by atoms with Crippen LogP contribution in [0.4, 0.5) is 0 Å². The first-order valence-corrected chi connectivity index (χ1v) is 5.15. The number of hydrogen-bond donors (Lipinski definition) is 2. The number of aliphatic hydroxyl groups is 1. The van der Waals surface area contributed by atoms with Crippen molar-refractivity contribution in [2.45, 2.75) is 19.1 Å². The minimum absolute atomic E-state index is 0.0759. The highest BCUT2D eigenvalue weighted by Crippen LogP contribution is 2.08. The summed E-state index contributed by atoms with van der Waals surface area (Å²) in [5.41, 5.74) is 6.60. The van der Waals surface area contributed by atoms with E-state index in [2.05, 4.69) is 10.1 Å². The number of aromatic nitrogens is 4. The normalized spacial score (nSPS) is 12.9. The number of aliphatic hydroxyl groups excluding tert-OH is 1. The zero-order valence-corrected chi connectivity index (χ0v) is 8.90. The second-order valence-electron chi connectivity index (χ2n) is 3.57. The average Bonchev–Trinajstić information content (AvgIpc) is 2.96. The van der Waals surface area contributed by atoms with Crippen molar-refractivity contribution in [1.29, 1.82) is 0 Å². The Labute approximate surface area is 93.3 Å². The van der Waals surface area contributed by atoms with Gasteiger partial charge >= 0.3 is 0 Å². The Hall–Kier alpha value is -1.66. The molecule has 1 atom stereocenters. The molecule has 0 aliphatic rings. The van der Waals surface area contributed by atoms with E-state index in [1.807, 2.05) is 21.5 Å². The summed E-state index contributed by atoms with van der Waals surface area (Å²) in [5, 5.41) is 13.1. The fourth-order valence-corrected chi connectivity index (χ4v) is 1.56. The third kappa shape index (κ3) is 2.29. The fraction of sp³-hybridized carbons (Fsp3) is 0.400. The van der Waals surface area contributed by atoms with Crippen LogP contribution < -0.4 is 5.73 Å². The molecule has 6 nitrogen and oxygen atoms in total. The molecular weight excluding hydrogens is 206 g/mol. The smallest absolute Gasteiger partial charge is 0.0949 e. The minimum Gasteiger partial charge on any atom is -0.394 e. The summed E-state index contributed by atoms with van der Waals surface area (Å²) in [4.78, 5) is 4.03. The fourth-order valence-electron chi connectivity index (χ4n) is 1.56. The number of imidazole rings is 1. The molecule has 0 saturated heterocycles. The van der Waals surface area contributed by atoms with Crippen molar-refractivity contribution in [2.24, 2.45) is 5.73 Å². The Balaban J connectivity index is 2.01. The minimum atomic E-state index is -0.375. The SMILES string of the molecule is NC(CO)c1cncn1CCn1cccn1. The highest BCUT2D eigenvalue weighted by atomic mass is 16.3. The summed E-state index contributed by atoms with van der Waals surface area (Å²) >= 11 is 0. The van der Waals surface area contributed by atoms with Crippen LogP contribution in [0.3, 0.4) is 0 Å². The molecule has 0 saturated carbocycles. The molecule has 86 valence electrons. The van der Waals surface area contributed by atoms with Gasteiger partial charge in [0.1, 0.15) is 0 Å². The van der Waals surface area contributed by atoms with Crippen molar-refractivity contribution >= 4 is 0 Å². The van der Waals surface area contributed by atoms with Gasteiger partial charge in [0.15, 0.2) is 0 Å². The third-order valence-corrected chi connectivity index (χ3v) is 2.45. The van der Waals surface area contributed by atoms with Gasteiger partial charge in [0.25, 0.3) is 0 Å². The molecule has 0 radical (unpaired) electrons. The lowest BCUT2D eigenvalue weighted by atomic mass is 10.2. The van der Waals surface area contributed by atoms with E-state index in [4.69, 9.17) is 10.8 Å². The quantitative estimate of drug-likeness (QED) is 0.730. The Kier molecular flexibility index (Phi) is 3.33. The lowest BCUT2D eigenvalue weighted by molar-refractivity contribution is 0.262. The van der Waals surface area contributed by atoms with Gasteiger partial charge < -0.3 is 15.4 Å². The lowest BCUT2D eigenvalue weighted by Crippen LogP contribution is -2.20. The highest BCUT2D eigenvalue weighted by molar-refractivity contribution is 5.04. The Bertz CT molecular complexity index is 422. The van der Waals surface area contributed by atoms with E-state index in [1.54, 1.807) is 18.7 Å². The zero-order valence-electron chi connectivity index (χ0n) is 8.90. The van der Waals surface area contributed by atoms with Gasteiger partial charge in [0, 0.05) is 25.1 Å². The molecule has 3 N–H and O–H groups in total. The van der Waals surface area contributed by atoms with Gasteiger partial charge in [0.05, 0.1) is 31.2 Å². The van der Waals surface area contributed by atoms with Crippen molar-refractivity contribution < 1.29 is 5.11 Å². The predicted octanol–water partition coefficient (Wildman–Crippen LogP) is -0.228. The maximum atomic E-state index is 9.00. The van der Waals surface area contributed by atoms with Crippen LogP contribution in [0.5, 0.6) is 0 Å². The molecule has 0 aliphatic carbocycles. The molecule has 0 aromatic carbocycles. The molecule has 2 heterocycles. The molecule has 0 bridgehead atoms. The standard InChI is InChI=1S/C10H15N5O/c11-9(7-16)10-6-12-8-14(10)4-5-15-3-1-2-13-15/h1-3,6,8-9,16H,4-5,7,11H2. The van der Waals surface area contributed by atoms with Crippen molar-refractivity contribution in [3.63, 3.8) is 0 Å². The van der Waals surface area contributed by atoms with Gasteiger partial charge in [0.2, 0.25) is 0 Å². The van der Waals surface area contributed by atoms with Crippen LogP contribution in [0.25, 0.3) is 0 Å². The van der Waals surface area contributed by atoms with Gasteiger partial charge in [-0.15, -0.1) is 0 Å². The van der Waals surface area contributed by atoms with E-state index in [0.717, 1.165) is 18.8 Å². The Morgan fingerprint density at radius 2 is 2.31 bits per heavy atom. The summed E-state index contributed by atoms with van der Waals surface area (Å²) in [6, 6.07) is 1.51. The van der Waals surface area contributed by atoms with Crippen molar-refractivity contribution in [1.82, 2.24) is 19.3 Å². The third-order valence-electron chi connectivity index (χ3n) is 2.45. The number of rotatable bonds is 5. The number of nitrogens with two attached hydrogens (primary N) is 1. The van der Waals surface area contributed by atoms with Crippen molar-refractivity contribution in [3.05, 3.63) is 36.7 Å². The van der Waals surface area contributed by atoms with E-state index >= 15 is 0 Å². The van der Waals surface area contributed by atoms with Gasteiger partial charge in [-0.05, 0) is 6.07 Å². The van der Waals surface area contributed by atoms with E-state index < -0.39 is 0 Å². The number of aryl methyl sites for hydroxylation is 2. The second-order valence-corrected chi connectivity index (χ2v) is 3.57. The molecule has 2 aromatic heterocycles. The van der Waals surface area contributed by atoms with Crippen LogP contribution in [0.15, 0.2) is 31.0 Å². The zero-order chi connectivity index (χ0) is 11.4. The van der Waals surface area contributed by atoms with Crippen LogP contribution in [-0.4, -0.2) is 31.0 Å². The van der Waals surface area contributed by atoms with Crippen LogP contribution in [0.2, 0.25) is 0 Å². The largest absolute Gasteiger partial charge is 0.394 e. The predicted molar refractivity (Wildman–Crippen MR) is 58.5 cm³/mol. The summed E-state index contributed by atoms with van der Waals surface area (Å²) in [5.74, 6) is 0. The van der Waals surface area contributed by atoms with Gasteiger partial charge in [-0.1, -0.05) is 0 Å². The average molecular weight is 221 g/mol. The molecule has 0 fully saturated rings. The second kappa shape index (κ2) is 4.91. The van der Waals surface area contributed by atoms with Gasteiger partial charge in [-0.2, -0.15) is 5.10 Å². The number of nitrogens with zero attached hydrogens (tertiary/aromatic N) is 4. The monoisotopic (exact) mass is 221 g/mol. The first-order chi connectivity index (χ1) is 7.81. The molecule has 2 rings (SSSR count). The molecular formula is C10H15N5O. The van der Waals surface area contributed by atoms with Crippen LogP contribution >= 0.6 is 0 Å². The van der Waals surface area contributed by atoms with Crippen LogP contribution in [0, 0.1) is 0 Å².